The van der Waals surface area contributed by atoms with Gasteiger partial charge in [0.25, 0.3) is 0 Å². The number of ether oxygens (including phenoxy) is 1. The van der Waals surface area contributed by atoms with Gasteiger partial charge in [-0.15, -0.1) is 0 Å². The van der Waals surface area contributed by atoms with E-state index in [4.69, 9.17) is 4.74 Å². The normalized spacial score (nSPS) is 15.2. The number of rotatable bonds is 11. The Bertz CT molecular complexity index is 1170. The minimum Gasteiger partial charge on any atom is -0.469 e. The molecule has 3 aromatic rings. The Balaban J connectivity index is 1.29. The summed E-state index contributed by atoms with van der Waals surface area (Å²) in [7, 11) is 1.40. The third-order valence-electron chi connectivity index (χ3n) is 8.29. The molecule has 206 valence electrons. The van der Waals surface area contributed by atoms with Crippen LogP contribution in [0.15, 0.2) is 84.9 Å². The van der Waals surface area contributed by atoms with Crippen LogP contribution in [0.25, 0.3) is 0 Å². The molecule has 0 unspecified atom stereocenters. The molecule has 0 bridgehead atoms. The number of nitrogens with zero attached hydrogens (tertiary/aromatic N) is 1. The maximum absolute atomic E-state index is 12.8. The van der Waals surface area contributed by atoms with Crippen molar-refractivity contribution in [1.82, 2.24) is 4.90 Å². The summed E-state index contributed by atoms with van der Waals surface area (Å²) in [6.07, 6.45) is 3.40. The monoisotopic (exact) mass is 527 g/mol. The lowest BCUT2D eigenvalue weighted by molar-refractivity contribution is -0.141. The second kappa shape index (κ2) is 12.7. The molecule has 39 heavy (non-hydrogen) atoms. The molecule has 0 atom stereocenters. The van der Waals surface area contributed by atoms with E-state index in [1.165, 1.54) is 7.11 Å². The van der Waals surface area contributed by atoms with Crippen LogP contribution in [0.3, 0.4) is 0 Å². The van der Waals surface area contributed by atoms with E-state index in [0.717, 1.165) is 55.6 Å². The summed E-state index contributed by atoms with van der Waals surface area (Å²) in [4.78, 5) is 27.0. The summed E-state index contributed by atoms with van der Waals surface area (Å²) in [6.45, 7) is 6.70. The Morgan fingerprint density at radius 3 is 1.90 bits per heavy atom. The van der Waals surface area contributed by atoms with Crippen molar-refractivity contribution < 1.29 is 19.4 Å². The van der Waals surface area contributed by atoms with Crippen molar-refractivity contribution >= 4 is 11.8 Å². The number of aliphatic hydroxyl groups is 1. The third-order valence-corrected chi connectivity index (χ3v) is 8.29. The first-order chi connectivity index (χ1) is 18.7. The fourth-order valence-electron chi connectivity index (χ4n) is 5.85. The fraction of sp³-hybridized carbons (Fsp3) is 0.412. The molecule has 1 heterocycles. The number of hydrogen-bond acceptors (Lipinski definition) is 5. The number of benzene rings is 3. The van der Waals surface area contributed by atoms with Crippen LogP contribution in [0, 0.1) is 5.92 Å². The summed E-state index contributed by atoms with van der Waals surface area (Å²) in [5.74, 6) is 0.0286. The Hall–Kier alpha value is -3.28. The lowest BCUT2D eigenvalue weighted by atomic mass is 9.72. The molecule has 0 spiro atoms. The van der Waals surface area contributed by atoms with Crippen molar-refractivity contribution in [3.63, 3.8) is 0 Å². The van der Waals surface area contributed by atoms with Crippen LogP contribution in [0.5, 0.6) is 0 Å². The van der Waals surface area contributed by atoms with Gasteiger partial charge in [0.05, 0.1) is 13.5 Å². The van der Waals surface area contributed by atoms with Gasteiger partial charge in [-0.3, -0.25) is 9.59 Å². The molecule has 1 aliphatic rings. The summed E-state index contributed by atoms with van der Waals surface area (Å²) in [6, 6.07) is 27.7. The number of Topliss-reactive ketones (excluding diaryl/α,β-unsaturated/α-hetero) is 1. The maximum Gasteiger partial charge on any atom is 0.306 e. The van der Waals surface area contributed by atoms with Crippen molar-refractivity contribution in [2.24, 2.45) is 5.92 Å². The van der Waals surface area contributed by atoms with Crippen molar-refractivity contribution in [1.29, 1.82) is 0 Å². The number of carbonyl (C=O) groups excluding carboxylic acids is 2. The molecule has 0 saturated carbocycles. The van der Waals surface area contributed by atoms with Crippen LogP contribution >= 0.6 is 0 Å². The van der Waals surface area contributed by atoms with Crippen molar-refractivity contribution in [2.75, 3.05) is 26.7 Å². The van der Waals surface area contributed by atoms with Crippen molar-refractivity contribution in [3.05, 3.63) is 107 Å². The molecule has 0 amide bonds. The Kier molecular flexibility index (Phi) is 9.36. The van der Waals surface area contributed by atoms with E-state index < -0.39 is 5.60 Å². The third kappa shape index (κ3) is 6.84. The molecule has 1 aliphatic heterocycles. The zero-order chi connectivity index (χ0) is 27.9. The van der Waals surface area contributed by atoms with Crippen LogP contribution in [0.4, 0.5) is 0 Å². The Morgan fingerprint density at radius 2 is 1.38 bits per heavy atom. The molecule has 0 aromatic heterocycles. The maximum atomic E-state index is 12.8. The van der Waals surface area contributed by atoms with E-state index in [-0.39, 0.29) is 23.1 Å². The van der Waals surface area contributed by atoms with Crippen LogP contribution in [-0.2, 0) is 20.5 Å². The van der Waals surface area contributed by atoms with Crippen LogP contribution in [0.2, 0.25) is 0 Å². The molecule has 5 heteroatoms. The molecule has 3 aromatic carbocycles. The average Bonchev–Trinajstić information content (AvgIpc) is 2.97. The summed E-state index contributed by atoms with van der Waals surface area (Å²) in [5.41, 5.74) is 2.25. The quantitative estimate of drug-likeness (QED) is 0.240. The van der Waals surface area contributed by atoms with E-state index in [0.29, 0.717) is 18.4 Å². The van der Waals surface area contributed by atoms with Crippen molar-refractivity contribution in [3.8, 4) is 0 Å². The number of ketones is 1. The van der Waals surface area contributed by atoms with Gasteiger partial charge < -0.3 is 14.7 Å². The van der Waals surface area contributed by atoms with Gasteiger partial charge in [0.15, 0.2) is 5.78 Å². The number of hydrogen-bond donors (Lipinski definition) is 1. The second-order valence-electron chi connectivity index (χ2n) is 11.4. The number of methoxy groups -OCH3 is 1. The topological polar surface area (TPSA) is 66.8 Å². The van der Waals surface area contributed by atoms with Gasteiger partial charge in [-0.1, -0.05) is 98.8 Å². The standard InChI is InChI=1S/C34H41NO4/c1-33(2,25-32(37)39-3)27-18-16-26(17-19-27)31(36)15-10-22-35-23-20-30(21-24-35)34(38,28-11-6-4-7-12-28)29-13-8-5-9-14-29/h4-9,11-14,16-19,30,38H,10,15,20-25H2,1-3H3. The SMILES string of the molecule is COC(=O)CC(C)(C)c1ccc(C(=O)CCCN2CCC(C(O)(c3ccccc3)c3ccccc3)CC2)cc1. The van der Waals surface area contributed by atoms with E-state index in [9.17, 15) is 14.7 Å². The second-order valence-corrected chi connectivity index (χ2v) is 11.4. The van der Waals surface area contributed by atoms with Crippen LogP contribution in [-0.4, -0.2) is 48.5 Å². The highest BCUT2D eigenvalue weighted by Gasteiger charge is 2.41. The predicted molar refractivity (Wildman–Crippen MR) is 155 cm³/mol. The molecule has 5 nitrogen and oxygen atoms in total. The molecular weight excluding hydrogens is 486 g/mol. The lowest BCUT2D eigenvalue weighted by Gasteiger charge is -2.42. The predicted octanol–water partition coefficient (Wildman–Crippen LogP) is 6.14. The van der Waals surface area contributed by atoms with Crippen molar-refractivity contribution in [2.45, 2.75) is 57.0 Å². The molecular formula is C34H41NO4. The smallest absolute Gasteiger partial charge is 0.306 e. The Labute approximate surface area is 232 Å². The molecule has 0 radical (unpaired) electrons. The fourth-order valence-corrected chi connectivity index (χ4v) is 5.85. The van der Waals surface area contributed by atoms with Gasteiger partial charge >= 0.3 is 5.97 Å². The first-order valence-electron chi connectivity index (χ1n) is 14.0. The molecule has 0 aliphatic carbocycles. The van der Waals surface area contributed by atoms with E-state index >= 15 is 0 Å². The molecule has 4 rings (SSSR count). The highest BCUT2D eigenvalue weighted by Crippen LogP contribution is 2.42. The number of carbonyl (C=O) groups is 2. The Morgan fingerprint density at radius 1 is 0.846 bits per heavy atom. The minimum atomic E-state index is -1.01. The van der Waals surface area contributed by atoms with Gasteiger partial charge in [-0.25, -0.2) is 0 Å². The lowest BCUT2D eigenvalue weighted by Crippen LogP contribution is -2.44. The molecule has 1 fully saturated rings. The molecule has 1 N–H and O–H groups in total. The average molecular weight is 528 g/mol. The van der Waals surface area contributed by atoms with Gasteiger partial charge in [0.1, 0.15) is 5.60 Å². The van der Waals surface area contributed by atoms with Crippen LogP contribution < -0.4 is 0 Å². The van der Waals surface area contributed by atoms with E-state index in [1.807, 2.05) is 98.8 Å². The summed E-state index contributed by atoms with van der Waals surface area (Å²) >= 11 is 0. The summed E-state index contributed by atoms with van der Waals surface area (Å²) < 4.78 is 4.82. The number of esters is 1. The number of piperidine rings is 1. The zero-order valence-corrected chi connectivity index (χ0v) is 23.4. The van der Waals surface area contributed by atoms with Gasteiger partial charge in [-0.05, 0) is 61.5 Å². The molecule has 1 saturated heterocycles. The highest BCUT2D eigenvalue weighted by molar-refractivity contribution is 5.96. The van der Waals surface area contributed by atoms with Crippen LogP contribution in [0.1, 0.15) is 73.0 Å². The van der Waals surface area contributed by atoms with Gasteiger partial charge in [0, 0.05) is 17.4 Å². The van der Waals surface area contributed by atoms with Gasteiger partial charge in [-0.2, -0.15) is 0 Å². The first kappa shape index (κ1) is 28.7. The summed E-state index contributed by atoms with van der Waals surface area (Å²) in [5, 5.41) is 12.1. The largest absolute Gasteiger partial charge is 0.469 e. The zero-order valence-electron chi connectivity index (χ0n) is 23.4. The first-order valence-corrected chi connectivity index (χ1v) is 14.0. The highest BCUT2D eigenvalue weighted by atomic mass is 16.5. The van der Waals surface area contributed by atoms with E-state index in [1.54, 1.807) is 0 Å². The minimum absolute atomic E-state index is 0.127. The number of likely N-dealkylation sites (tertiary alicyclic amines) is 1. The van der Waals surface area contributed by atoms with Gasteiger partial charge in [0.2, 0.25) is 0 Å². The van der Waals surface area contributed by atoms with E-state index in [2.05, 4.69) is 4.90 Å².